The van der Waals surface area contributed by atoms with Crippen molar-refractivity contribution < 1.29 is 14.3 Å². The minimum atomic E-state index is -1.19. The second kappa shape index (κ2) is 11.1. The molecule has 3 aromatic rings. The van der Waals surface area contributed by atoms with Crippen LogP contribution in [0.4, 0.5) is 10.5 Å². The van der Waals surface area contributed by atoms with Gasteiger partial charge in [-0.2, -0.15) is 0 Å². The number of rotatable bonds is 9. The van der Waals surface area contributed by atoms with Crippen molar-refractivity contribution in [2.45, 2.75) is 33.1 Å². The van der Waals surface area contributed by atoms with E-state index in [1.54, 1.807) is 12.1 Å². The maximum atomic E-state index is 12.7. The summed E-state index contributed by atoms with van der Waals surface area (Å²) in [5, 5.41) is 6.50. The molecule has 0 saturated carbocycles. The second-order valence-corrected chi connectivity index (χ2v) is 7.77. The quantitative estimate of drug-likeness (QED) is 0.377. The number of ether oxygens (including phenoxy) is 2. The molecule has 6 heteroatoms. The molecule has 0 fully saturated rings. The predicted molar refractivity (Wildman–Crippen MR) is 129 cm³/mol. The van der Waals surface area contributed by atoms with Gasteiger partial charge in [-0.05, 0) is 50.6 Å². The Hall–Kier alpha value is -2.86. The summed E-state index contributed by atoms with van der Waals surface area (Å²) >= 11 is 6.13. The lowest BCUT2D eigenvalue weighted by Crippen LogP contribution is -2.37. The van der Waals surface area contributed by atoms with Gasteiger partial charge in [0, 0.05) is 35.9 Å². The van der Waals surface area contributed by atoms with Gasteiger partial charge in [0.05, 0.1) is 5.69 Å². The first-order valence-corrected chi connectivity index (χ1v) is 11.1. The Morgan fingerprint density at radius 1 is 0.938 bits per heavy atom. The second-order valence-electron chi connectivity index (χ2n) is 7.33. The maximum Gasteiger partial charge on any atom is 0.319 e. The SMILES string of the molecule is CCOC(OCC)(c1ccc(Cl)cc1)c1cc(C)ccc1NC(=O)NCc1ccccc1. The van der Waals surface area contributed by atoms with Crippen molar-refractivity contribution in [2.24, 2.45) is 0 Å². The smallest absolute Gasteiger partial charge is 0.319 e. The Labute approximate surface area is 194 Å². The molecule has 0 unspecified atom stereocenters. The van der Waals surface area contributed by atoms with Crippen LogP contribution in [0.2, 0.25) is 5.02 Å². The van der Waals surface area contributed by atoms with Gasteiger partial charge in [-0.1, -0.05) is 65.7 Å². The van der Waals surface area contributed by atoms with Gasteiger partial charge in [-0.15, -0.1) is 0 Å². The number of hydrogen-bond donors (Lipinski definition) is 2. The summed E-state index contributed by atoms with van der Waals surface area (Å²) in [5.41, 5.74) is 4.17. The number of nitrogens with one attached hydrogen (secondary N) is 2. The van der Waals surface area contributed by atoms with E-state index in [9.17, 15) is 4.79 Å². The molecule has 168 valence electrons. The number of carbonyl (C=O) groups excluding carboxylic acids is 1. The molecule has 0 heterocycles. The van der Waals surface area contributed by atoms with E-state index in [1.165, 1.54) is 0 Å². The van der Waals surface area contributed by atoms with E-state index in [4.69, 9.17) is 21.1 Å². The highest BCUT2D eigenvalue weighted by Gasteiger charge is 2.38. The summed E-state index contributed by atoms with van der Waals surface area (Å²) in [5.74, 6) is -1.19. The van der Waals surface area contributed by atoms with Gasteiger partial charge in [-0.25, -0.2) is 4.79 Å². The highest BCUT2D eigenvalue weighted by Crippen LogP contribution is 2.40. The average molecular weight is 453 g/mol. The van der Waals surface area contributed by atoms with E-state index < -0.39 is 5.79 Å². The molecule has 3 rings (SSSR count). The maximum absolute atomic E-state index is 12.7. The third-order valence-corrected chi connectivity index (χ3v) is 5.25. The topological polar surface area (TPSA) is 59.6 Å². The summed E-state index contributed by atoms with van der Waals surface area (Å²) in [6, 6.07) is 22.6. The van der Waals surface area contributed by atoms with E-state index >= 15 is 0 Å². The monoisotopic (exact) mass is 452 g/mol. The average Bonchev–Trinajstić information content (AvgIpc) is 2.80. The molecular formula is C26H29ClN2O3. The van der Waals surface area contributed by atoms with Crippen LogP contribution in [0, 0.1) is 6.92 Å². The zero-order chi connectivity index (χ0) is 23.0. The van der Waals surface area contributed by atoms with Crippen molar-refractivity contribution in [3.05, 3.63) is 100 Å². The van der Waals surface area contributed by atoms with Gasteiger partial charge in [-0.3, -0.25) is 0 Å². The van der Waals surface area contributed by atoms with Gasteiger partial charge >= 0.3 is 6.03 Å². The number of carbonyl (C=O) groups is 1. The van der Waals surface area contributed by atoms with E-state index in [1.807, 2.05) is 81.4 Å². The summed E-state index contributed by atoms with van der Waals surface area (Å²) in [4.78, 5) is 12.7. The summed E-state index contributed by atoms with van der Waals surface area (Å²) in [6.45, 7) is 7.07. The first-order valence-electron chi connectivity index (χ1n) is 10.7. The van der Waals surface area contributed by atoms with Crippen LogP contribution >= 0.6 is 11.6 Å². The molecule has 0 aliphatic heterocycles. The van der Waals surface area contributed by atoms with Crippen LogP contribution in [0.25, 0.3) is 0 Å². The molecule has 32 heavy (non-hydrogen) atoms. The molecule has 0 aliphatic carbocycles. The molecule has 2 amide bonds. The van der Waals surface area contributed by atoms with E-state index in [2.05, 4.69) is 10.6 Å². The third kappa shape index (κ3) is 5.68. The first-order chi connectivity index (χ1) is 15.5. The number of urea groups is 1. The Morgan fingerprint density at radius 2 is 1.59 bits per heavy atom. The van der Waals surface area contributed by atoms with Crippen LogP contribution in [0.15, 0.2) is 72.8 Å². The van der Waals surface area contributed by atoms with Crippen molar-refractivity contribution in [3.63, 3.8) is 0 Å². The van der Waals surface area contributed by atoms with Crippen LogP contribution in [-0.2, 0) is 21.8 Å². The lowest BCUT2D eigenvalue weighted by Gasteiger charge is -2.35. The molecule has 0 saturated heterocycles. The van der Waals surface area contributed by atoms with E-state index in [-0.39, 0.29) is 6.03 Å². The Balaban J connectivity index is 1.97. The highest BCUT2D eigenvalue weighted by molar-refractivity contribution is 6.30. The Kier molecular flexibility index (Phi) is 8.28. The number of aryl methyl sites for hydroxylation is 1. The van der Waals surface area contributed by atoms with Gasteiger partial charge in [0.1, 0.15) is 0 Å². The standard InChI is InChI=1S/C26H29ClN2O3/c1-4-31-26(32-5-2,21-12-14-22(27)15-13-21)23-17-19(3)11-16-24(23)29-25(30)28-18-20-9-7-6-8-10-20/h6-17H,4-5,18H2,1-3H3,(H2,28,29,30). The molecule has 0 aliphatic rings. The van der Waals surface area contributed by atoms with Crippen molar-refractivity contribution in [1.29, 1.82) is 0 Å². The molecule has 5 nitrogen and oxygen atoms in total. The van der Waals surface area contributed by atoms with Gasteiger partial charge in [0.2, 0.25) is 5.79 Å². The molecule has 0 aromatic heterocycles. The predicted octanol–water partition coefficient (Wildman–Crippen LogP) is 6.24. The first kappa shape index (κ1) is 23.8. The number of amides is 2. The molecule has 0 bridgehead atoms. The number of benzene rings is 3. The molecule has 0 atom stereocenters. The summed E-state index contributed by atoms with van der Waals surface area (Å²) in [6.07, 6.45) is 0. The molecule has 0 radical (unpaired) electrons. The zero-order valence-corrected chi connectivity index (χ0v) is 19.4. The van der Waals surface area contributed by atoms with Crippen LogP contribution in [0.1, 0.15) is 36.1 Å². The molecular weight excluding hydrogens is 424 g/mol. The van der Waals surface area contributed by atoms with Crippen molar-refractivity contribution in [1.82, 2.24) is 5.32 Å². The van der Waals surface area contributed by atoms with Crippen molar-refractivity contribution in [2.75, 3.05) is 18.5 Å². The highest BCUT2D eigenvalue weighted by atomic mass is 35.5. The minimum absolute atomic E-state index is 0.308. The van der Waals surface area contributed by atoms with Crippen molar-refractivity contribution >= 4 is 23.3 Å². The fourth-order valence-electron chi connectivity index (χ4n) is 3.58. The minimum Gasteiger partial charge on any atom is -0.342 e. The normalized spacial score (nSPS) is 11.2. The Morgan fingerprint density at radius 3 is 2.22 bits per heavy atom. The van der Waals surface area contributed by atoms with Crippen molar-refractivity contribution in [3.8, 4) is 0 Å². The van der Waals surface area contributed by atoms with Gasteiger partial charge in [0.15, 0.2) is 0 Å². The van der Waals surface area contributed by atoms with Crippen LogP contribution < -0.4 is 10.6 Å². The van der Waals surface area contributed by atoms with Crippen LogP contribution in [0.5, 0.6) is 0 Å². The largest absolute Gasteiger partial charge is 0.342 e. The van der Waals surface area contributed by atoms with Crippen LogP contribution in [0.3, 0.4) is 0 Å². The van der Waals surface area contributed by atoms with Crippen LogP contribution in [-0.4, -0.2) is 19.2 Å². The zero-order valence-electron chi connectivity index (χ0n) is 18.7. The molecule has 3 aromatic carbocycles. The summed E-state index contributed by atoms with van der Waals surface area (Å²) < 4.78 is 12.5. The fourth-order valence-corrected chi connectivity index (χ4v) is 3.71. The van der Waals surface area contributed by atoms with Gasteiger partial charge < -0.3 is 20.1 Å². The third-order valence-electron chi connectivity index (χ3n) is 4.99. The Bertz CT molecular complexity index is 1020. The lowest BCUT2D eigenvalue weighted by atomic mass is 9.93. The van der Waals surface area contributed by atoms with E-state index in [0.717, 1.165) is 22.3 Å². The number of anilines is 1. The fraction of sp³-hybridized carbons (Fsp3) is 0.269. The number of halogens is 1. The van der Waals surface area contributed by atoms with E-state index in [0.29, 0.717) is 30.5 Å². The lowest BCUT2D eigenvalue weighted by molar-refractivity contribution is -0.212. The number of hydrogen-bond acceptors (Lipinski definition) is 3. The van der Waals surface area contributed by atoms with Gasteiger partial charge in [0.25, 0.3) is 0 Å². The molecule has 0 spiro atoms. The molecule has 2 N–H and O–H groups in total. The summed E-state index contributed by atoms with van der Waals surface area (Å²) in [7, 11) is 0.